The van der Waals surface area contributed by atoms with Crippen molar-refractivity contribution in [3.05, 3.63) is 24.0 Å². The molecule has 1 heterocycles. The van der Waals surface area contributed by atoms with Crippen molar-refractivity contribution in [2.45, 2.75) is 59.2 Å². The number of hydrogen-bond donors (Lipinski definition) is 0. The Morgan fingerprint density at radius 1 is 1.05 bits per heavy atom. The highest BCUT2D eigenvalue weighted by Crippen LogP contribution is 2.14. The Bertz CT molecular complexity index is 489. The van der Waals surface area contributed by atoms with Crippen LogP contribution in [0.4, 0.5) is 4.79 Å². The van der Waals surface area contributed by atoms with Crippen LogP contribution in [0.15, 0.2) is 18.3 Å². The summed E-state index contributed by atoms with van der Waals surface area (Å²) >= 11 is 0. The summed E-state index contributed by atoms with van der Waals surface area (Å²) in [5, 5.41) is 0. The lowest BCUT2D eigenvalue weighted by molar-refractivity contribution is -0.154. The summed E-state index contributed by atoms with van der Waals surface area (Å²) in [5.74, 6) is -0.374. The zero-order valence-electron chi connectivity index (χ0n) is 13.0. The first-order valence-corrected chi connectivity index (χ1v) is 6.59. The topological polar surface area (TPSA) is 57.5 Å². The van der Waals surface area contributed by atoms with E-state index in [0.29, 0.717) is 5.69 Å². The van der Waals surface area contributed by atoms with Gasteiger partial charge in [0.2, 0.25) is 0 Å². The second kappa shape index (κ2) is 5.69. The van der Waals surface area contributed by atoms with Crippen molar-refractivity contribution in [3.8, 4) is 0 Å². The number of hydrogen-bond acceptors (Lipinski definition) is 4. The molecule has 0 bridgehead atoms. The molecule has 0 amide bonds. The molecule has 0 atom stereocenters. The monoisotopic (exact) mass is 281 g/mol. The van der Waals surface area contributed by atoms with Crippen molar-refractivity contribution >= 4 is 12.1 Å². The van der Waals surface area contributed by atoms with Gasteiger partial charge in [0.15, 0.2) is 0 Å². The van der Waals surface area contributed by atoms with Gasteiger partial charge in [0.05, 0.1) is 6.42 Å². The number of ether oxygens (including phenoxy) is 2. The van der Waals surface area contributed by atoms with E-state index in [2.05, 4.69) is 0 Å². The Labute approximate surface area is 119 Å². The van der Waals surface area contributed by atoms with Gasteiger partial charge >= 0.3 is 12.1 Å². The number of esters is 1. The van der Waals surface area contributed by atoms with Crippen LogP contribution in [0.2, 0.25) is 0 Å². The molecule has 0 aliphatic carbocycles. The van der Waals surface area contributed by atoms with Gasteiger partial charge in [0.1, 0.15) is 11.2 Å². The average molecular weight is 281 g/mol. The Morgan fingerprint density at radius 3 is 2.10 bits per heavy atom. The molecule has 1 aromatic rings. The van der Waals surface area contributed by atoms with Crippen molar-refractivity contribution in [2.24, 2.45) is 0 Å². The molecule has 0 spiro atoms. The molecule has 5 heteroatoms. The second-order valence-corrected chi connectivity index (χ2v) is 6.61. The molecule has 0 aliphatic rings. The zero-order chi connectivity index (χ0) is 15.6. The number of aromatic nitrogens is 1. The van der Waals surface area contributed by atoms with Crippen molar-refractivity contribution in [2.75, 3.05) is 0 Å². The van der Waals surface area contributed by atoms with E-state index in [4.69, 9.17) is 9.47 Å². The first-order valence-electron chi connectivity index (χ1n) is 6.59. The number of carbonyl (C=O) groups excluding carboxylic acids is 2. The molecular formula is C15H23NO4. The first kappa shape index (κ1) is 16.3. The smallest absolute Gasteiger partial charge is 0.418 e. The average Bonchev–Trinajstić information content (AvgIpc) is 2.59. The van der Waals surface area contributed by atoms with Crippen LogP contribution in [0.5, 0.6) is 0 Å². The summed E-state index contributed by atoms with van der Waals surface area (Å²) in [6, 6.07) is 3.40. The molecule has 0 N–H and O–H groups in total. The zero-order valence-corrected chi connectivity index (χ0v) is 13.0. The van der Waals surface area contributed by atoms with E-state index in [9.17, 15) is 9.59 Å². The summed E-state index contributed by atoms with van der Waals surface area (Å²) in [5.41, 5.74) is -0.571. The summed E-state index contributed by atoms with van der Waals surface area (Å²) in [6.45, 7) is 10.8. The van der Waals surface area contributed by atoms with Crippen molar-refractivity contribution < 1.29 is 19.1 Å². The van der Waals surface area contributed by atoms with E-state index in [-0.39, 0.29) is 12.4 Å². The molecule has 0 saturated carbocycles. The lowest BCUT2D eigenvalue weighted by atomic mass is 10.2. The molecule has 112 valence electrons. The maximum absolute atomic E-state index is 12.0. The third-order valence-corrected chi connectivity index (χ3v) is 2.17. The van der Waals surface area contributed by atoms with E-state index >= 15 is 0 Å². The van der Waals surface area contributed by atoms with Crippen LogP contribution in [0.25, 0.3) is 0 Å². The minimum Gasteiger partial charge on any atom is -0.460 e. The molecule has 20 heavy (non-hydrogen) atoms. The van der Waals surface area contributed by atoms with Crippen LogP contribution in [0.1, 0.15) is 47.2 Å². The minimum absolute atomic E-state index is 0.0313. The highest BCUT2D eigenvalue weighted by molar-refractivity contribution is 5.76. The SMILES string of the molecule is CC(C)(C)OC(=O)Cc1cccn1C(=O)OC(C)(C)C. The fourth-order valence-corrected chi connectivity index (χ4v) is 1.58. The van der Waals surface area contributed by atoms with Gasteiger partial charge in [-0.05, 0) is 53.7 Å². The first-order chi connectivity index (χ1) is 8.98. The Morgan fingerprint density at radius 2 is 1.60 bits per heavy atom. The summed E-state index contributed by atoms with van der Waals surface area (Å²) < 4.78 is 11.8. The normalized spacial score (nSPS) is 12.1. The van der Waals surface area contributed by atoms with Crippen LogP contribution in [0, 0.1) is 0 Å². The molecule has 0 unspecified atom stereocenters. The predicted molar refractivity (Wildman–Crippen MR) is 75.6 cm³/mol. The Kier molecular flexibility index (Phi) is 4.63. The van der Waals surface area contributed by atoms with Crippen LogP contribution < -0.4 is 0 Å². The number of carbonyl (C=O) groups is 2. The predicted octanol–water partition coefficient (Wildman–Crippen LogP) is 3.16. The molecule has 5 nitrogen and oxygen atoms in total. The molecule has 0 radical (unpaired) electrons. The largest absolute Gasteiger partial charge is 0.460 e. The van der Waals surface area contributed by atoms with E-state index in [0.717, 1.165) is 0 Å². The maximum Gasteiger partial charge on any atom is 0.418 e. The Hall–Kier alpha value is -1.78. The van der Waals surface area contributed by atoms with Crippen molar-refractivity contribution in [1.29, 1.82) is 0 Å². The van der Waals surface area contributed by atoms with E-state index < -0.39 is 17.3 Å². The second-order valence-electron chi connectivity index (χ2n) is 6.61. The van der Waals surface area contributed by atoms with Crippen LogP contribution in [-0.4, -0.2) is 27.8 Å². The van der Waals surface area contributed by atoms with Crippen LogP contribution in [-0.2, 0) is 20.7 Å². The fourth-order valence-electron chi connectivity index (χ4n) is 1.58. The van der Waals surface area contributed by atoms with Crippen LogP contribution >= 0.6 is 0 Å². The summed E-state index contributed by atoms with van der Waals surface area (Å²) in [7, 11) is 0. The number of nitrogens with zero attached hydrogens (tertiary/aromatic N) is 1. The summed E-state index contributed by atoms with van der Waals surface area (Å²) in [6.07, 6.45) is 1.11. The van der Waals surface area contributed by atoms with E-state index in [1.165, 1.54) is 4.57 Å². The number of rotatable bonds is 2. The maximum atomic E-state index is 12.0. The highest BCUT2D eigenvalue weighted by atomic mass is 16.6. The van der Waals surface area contributed by atoms with Gasteiger partial charge in [0.25, 0.3) is 0 Å². The van der Waals surface area contributed by atoms with Gasteiger partial charge in [-0.2, -0.15) is 0 Å². The van der Waals surface area contributed by atoms with Gasteiger partial charge in [-0.15, -0.1) is 0 Å². The van der Waals surface area contributed by atoms with Gasteiger partial charge in [-0.1, -0.05) is 0 Å². The van der Waals surface area contributed by atoms with Gasteiger partial charge in [-0.3, -0.25) is 9.36 Å². The molecule has 0 aromatic carbocycles. The molecule has 1 aromatic heterocycles. The van der Waals surface area contributed by atoms with Gasteiger partial charge < -0.3 is 9.47 Å². The Balaban J connectivity index is 2.77. The van der Waals surface area contributed by atoms with Gasteiger partial charge in [-0.25, -0.2) is 4.79 Å². The van der Waals surface area contributed by atoms with Crippen molar-refractivity contribution in [1.82, 2.24) is 4.57 Å². The van der Waals surface area contributed by atoms with E-state index in [1.54, 1.807) is 59.9 Å². The third-order valence-electron chi connectivity index (χ3n) is 2.17. The standard InChI is InChI=1S/C15H23NO4/c1-14(2,3)19-12(17)10-11-8-7-9-16(11)13(18)20-15(4,5)6/h7-9H,10H2,1-6H3. The lowest BCUT2D eigenvalue weighted by Gasteiger charge is -2.21. The molecule has 0 fully saturated rings. The van der Waals surface area contributed by atoms with Crippen LogP contribution in [0.3, 0.4) is 0 Å². The lowest BCUT2D eigenvalue weighted by Crippen LogP contribution is -2.29. The van der Waals surface area contributed by atoms with Crippen molar-refractivity contribution in [3.63, 3.8) is 0 Å². The van der Waals surface area contributed by atoms with Gasteiger partial charge in [0, 0.05) is 11.9 Å². The quantitative estimate of drug-likeness (QED) is 0.781. The third kappa shape index (κ3) is 5.47. The highest BCUT2D eigenvalue weighted by Gasteiger charge is 2.22. The minimum atomic E-state index is -0.579. The van der Waals surface area contributed by atoms with E-state index in [1.807, 2.05) is 0 Å². The molecular weight excluding hydrogens is 258 g/mol. The molecule has 0 aliphatic heterocycles. The fraction of sp³-hybridized carbons (Fsp3) is 0.600. The molecule has 1 rings (SSSR count). The summed E-state index contributed by atoms with van der Waals surface area (Å²) in [4.78, 5) is 23.8. The molecule has 0 saturated heterocycles.